The third kappa shape index (κ3) is 3.29. The highest BCUT2D eigenvalue weighted by Gasteiger charge is 2.11. The number of hydrogen-bond donors (Lipinski definition) is 1. The average Bonchev–Trinajstić information content (AvgIpc) is 3.05. The monoisotopic (exact) mass is 307 g/mol. The first-order chi connectivity index (χ1) is 11.2. The number of carbonyl (C=O) groups excluding carboxylic acids is 1. The van der Waals surface area contributed by atoms with Crippen molar-refractivity contribution in [3.05, 3.63) is 59.7 Å². The maximum atomic E-state index is 11.8. The quantitative estimate of drug-likeness (QED) is 0.801. The van der Waals surface area contributed by atoms with E-state index in [1.807, 2.05) is 38.1 Å². The van der Waals surface area contributed by atoms with Crippen molar-refractivity contribution in [2.75, 3.05) is 6.54 Å². The van der Waals surface area contributed by atoms with Gasteiger partial charge in [-0.3, -0.25) is 4.79 Å². The molecule has 1 aromatic heterocycles. The van der Waals surface area contributed by atoms with Gasteiger partial charge >= 0.3 is 0 Å². The fraction of sp³-hybridized carbons (Fsp3) is 0.167. The second kappa shape index (κ2) is 6.44. The Morgan fingerprint density at radius 2 is 1.74 bits per heavy atom. The summed E-state index contributed by atoms with van der Waals surface area (Å²) < 4.78 is 5.74. The second-order valence-corrected chi connectivity index (χ2v) is 5.22. The molecule has 0 saturated heterocycles. The minimum Gasteiger partial charge on any atom is -0.416 e. The van der Waals surface area contributed by atoms with Gasteiger partial charge in [0.2, 0.25) is 11.8 Å². The summed E-state index contributed by atoms with van der Waals surface area (Å²) in [5.74, 6) is 0.825. The third-order valence-corrected chi connectivity index (χ3v) is 3.42. The van der Waals surface area contributed by atoms with Crippen LogP contribution in [0, 0.1) is 6.92 Å². The lowest BCUT2D eigenvalue weighted by Gasteiger charge is -2.02. The van der Waals surface area contributed by atoms with E-state index in [1.165, 1.54) is 0 Å². The van der Waals surface area contributed by atoms with Crippen LogP contribution < -0.4 is 5.32 Å². The lowest BCUT2D eigenvalue weighted by Crippen LogP contribution is -2.22. The summed E-state index contributed by atoms with van der Waals surface area (Å²) in [6.07, 6.45) is 0. The van der Waals surface area contributed by atoms with E-state index >= 15 is 0 Å². The second-order valence-electron chi connectivity index (χ2n) is 5.22. The molecule has 0 atom stereocenters. The van der Waals surface area contributed by atoms with Gasteiger partial charge < -0.3 is 9.73 Å². The zero-order valence-electron chi connectivity index (χ0n) is 13.0. The molecule has 116 valence electrons. The molecule has 1 N–H and O–H groups in total. The number of nitrogens with one attached hydrogen (secondary N) is 1. The number of aryl methyl sites for hydroxylation is 1. The third-order valence-electron chi connectivity index (χ3n) is 3.42. The summed E-state index contributed by atoms with van der Waals surface area (Å²) in [5.41, 5.74) is 3.41. The topological polar surface area (TPSA) is 68.0 Å². The molecule has 23 heavy (non-hydrogen) atoms. The fourth-order valence-electron chi connectivity index (χ4n) is 2.26. The summed E-state index contributed by atoms with van der Waals surface area (Å²) in [7, 11) is 0. The summed E-state index contributed by atoms with van der Waals surface area (Å²) in [6, 6.07) is 15.0. The Kier molecular flexibility index (Phi) is 4.19. The Hall–Kier alpha value is -2.95. The van der Waals surface area contributed by atoms with Gasteiger partial charge in [0.15, 0.2) is 0 Å². The highest BCUT2D eigenvalue weighted by Crippen LogP contribution is 2.24. The van der Waals surface area contributed by atoms with Crippen LogP contribution >= 0.6 is 0 Å². The predicted octanol–water partition coefficient (Wildman–Crippen LogP) is 3.46. The first-order valence-corrected chi connectivity index (χ1v) is 7.46. The van der Waals surface area contributed by atoms with Crippen LogP contribution in [0.2, 0.25) is 0 Å². The number of rotatable bonds is 4. The molecule has 1 amide bonds. The average molecular weight is 307 g/mol. The van der Waals surface area contributed by atoms with Gasteiger partial charge in [0.05, 0.1) is 0 Å². The van der Waals surface area contributed by atoms with Gasteiger partial charge in [-0.2, -0.15) is 0 Å². The first kappa shape index (κ1) is 15.0. The molecule has 0 radical (unpaired) electrons. The van der Waals surface area contributed by atoms with E-state index < -0.39 is 0 Å². The zero-order chi connectivity index (χ0) is 16.2. The van der Waals surface area contributed by atoms with Crippen molar-refractivity contribution in [1.29, 1.82) is 0 Å². The van der Waals surface area contributed by atoms with Gasteiger partial charge in [0.25, 0.3) is 5.91 Å². The van der Waals surface area contributed by atoms with Crippen molar-refractivity contribution in [3.8, 4) is 22.9 Å². The molecule has 0 unspecified atom stereocenters. The van der Waals surface area contributed by atoms with E-state index in [-0.39, 0.29) is 5.91 Å². The van der Waals surface area contributed by atoms with Crippen LogP contribution in [0.3, 0.4) is 0 Å². The van der Waals surface area contributed by atoms with E-state index in [9.17, 15) is 4.79 Å². The van der Waals surface area contributed by atoms with Crippen molar-refractivity contribution >= 4 is 5.91 Å². The summed E-state index contributed by atoms with van der Waals surface area (Å²) in [4.78, 5) is 11.8. The Morgan fingerprint density at radius 1 is 1.04 bits per heavy atom. The lowest BCUT2D eigenvalue weighted by atomic mass is 10.1. The van der Waals surface area contributed by atoms with Crippen molar-refractivity contribution in [1.82, 2.24) is 15.5 Å². The molecule has 1 heterocycles. The normalized spacial score (nSPS) is 10.5. The van der Waals surface area contributed by atoms with Gasteiger partial charge in [-0.25, -0.2) is 0 Å². The highest BCUT2D eigenvalue weighted by atomic mass is 16.4. The predicted molar refractivity (Wildman–Crippen MR) is 87.9 cm³/mol. The molecule has 2 aromatic carbocycles. The molecule has 0 aliphatic heterocycles. The molecule has 0 aliphatic carbocycles. The fourth-order valence-corrected chi connectivity index (χ4v) is 2.26. The molecule has 0 saturated carbocycles. The number of aromatic nitrogens is 2. The molecular formula is C18H17N3O2. The van der Waals surface area contributed by atoms with E-state index in [0.717, 1.165) is 16.7 Å². The zero-order valence-corrected chi connectivity index (χ0v) is 13.0. The van der Waals surface area contributed by atoms with Crippen LogP contribution in [0.4, 0.5) is 0 Å². The minimum atomic E-state index is -0.0926. The van der Waals surface area contributed by atoms with Crippen LogP contribution in [0.5, 0.6) is 0 Å². The molecule has 0 fully saturated rings. The Balaban J connectivity index is 1.84. The highest BCUT2D eigenvalue weighted by molar-refractivity contribution is 5.94. The number of benzene rings is 2. The molecule has 0 aliphatic rings. The molecule has 3 rings (SSSR count). The van der Waals surface area contributed by atoms with Gasteiger partial charge in [-0.05, 0) is 50.2 Å². The molecule has 5 heteroatoms. The molecular weight excluding hydrogens is 290 g/mol. The smallest absolute Gasteiger partial charge is 0.251 e. The SMILES string of the molecule is CCNC(=O)c1ccc(-c2nnc(-c3cccc(C)c3)o2)cc1. The van der Waals surface area contributed by atoms with Crippen LogP contribution in [-0.2, 0) is 0 Å². The molecule has 0 spiro atoms. The number of carbonyl (C=O) groups is 1. The molecule has 0 bridgehead atoms. The summed E-state index contributed by atoms with van der Waals surface area (Å²) in [5, 5.41) is 10.9. The van der Waals surface area contributed by atoms with Crippen molar-refractivity contribution < 1.29 is 9.21 Å². The lowest BCUT2D eigenvalue weighted by molar-refractivity contribution is 0.0956. The van der Waals surface area contributed by atoms with Crippen molar-refractivity contribution in [3.63, 3.8) is 0 Å². The van der Waals surface area contributed by atoms with E-state index in [0.29, 0.717) is 23.9 Å². The van der Waals surface area contributed by atoms with Crippen LogP contribution in [0.25, 0.3) is 22.9 Å². The van der Waals surface area contributed by atoms with Gasteiger partial charge in [0.1, 0.15) is 0 Å². The largest absolute Gasteiger partial charge is 0.416 e. The summed E-state index contributed by atoms with van der Waals surface area (Å²) >= 11 is 0. The van der Waals surface area contributed by atoms with Crippen molar-refractivity contribution in [2.45, 2.75) is 13.8 Å². The maximum Gasteiger partial charge on any atom is 0.251 e. The molecule has 5 nitrogen and oxygen atoms in total. The van der Waals surface area contributed by atoms with E-state index in [2.05, 4.69) is 15.5 Å². The Morgan fingerprint density at radius 3 is 2.39 bits per heavy atom. The maximum absolute atomic E-state index is 11.8. The number of hydrogen-bond acceptors (Lipinski definition) is 4. The van der Waals surface area contributed by atoms with E-state index in [4.69, 9.17) is 4.42 Å². The Bertz CT molecular complexity index is 822. The number of nitrogens with zero attached hydrogens (tertiary/aromatic N) is 2. The summed E-state index contributed by atoms with van der Waals surface area (Å²) in [6.45, 7) is 4.50. The standard InChI is InChI=1S/C18H17N3O2/c1-3-19-16(22)13-7-9-14(10-8-13)17-20-21-18(23-17)15-6-4-5-12(2)11-15/h4-11H,3H2,1-2H3,(H,19,22). The molecule has 3 aromatic rings. The first-order valence-electron chi connectivity index (χ1n) is 7.46. The Labute approximate surface area is 134 Å². The minimum absolute atomic E-state index is 0.0926. The van der Waals surface area contributed by atoms with Gasteiger partial charge in [-0.15, -0.1) is 10.2 Å². The van der Waals surface area contributed by atoms with E-state index in [1.54, 1.807) is 24.3 Å². The van der Waals surface area contributed by atoms with Crippen LogP contribution in [0.15, 0.2) is 52.9 Å². The van der Waals surface area contributed by atoms with Gasteiger partial charge in [0, 0.05) is 23.2 Å². The number of amides is 1. The van der Waals surface area contributed by atoms with Crippen molar-refractivity contribution in [2.24, 2.45) is 0 Å². The van der Waals surface area contributed by atoms with Gasteiger partial charge in [-0.1, -0.05) is 17.7 Å². The van der Waals surface area contributed by atoms with Crippen LogP contribution in [-0.4, -0.2) is 22.6 Å². The van der Waals surface area contributed by atoms with Crippen LogP contribution in [0.1, 0.15) is 22.8 Å².